The number of nitriles is 2. The Morgan fingerprint density at radius 2 is 1.36 bits per heavy atom. The van der Waals surface area contributed by atoms with E-state index in [9.17, 15) is 30.5 Å². The smallest absolute Gasteiger partial charge is 0.269 e. The summed E-state index contributed by atoms with van der Waals surface area (Å²) in [6, 6.07) is 27.0. The molecule has 0 heterocycles. The van der Waals surface area contributed by atoms with Gasteiger partial charge in [0.05, 0.1) is 28.9 Å². The van der Waals surface area contributed by atoms with Crippen LogP contribution in [0.5, 0.6) is 0 Å². The first-order valence-corrected chi connectivity index (χ1v) is 11.4. The summed E-state index contributed by atoms with van der Waals surface area (Å²) in [5.74, 6) is -5.02. The summed E-state index contributed by atoms with van der Waals surface area (Å²) in [6.07, 6.45) is 0. The number of ketones is 1. The Balaban J connectivity index is 1.98. The Bertz CT molecular complexity index is 1420. The van der Waals surface area contributed by atoms with Gasteiger partial charge in [-0.1, -0.05) is 85.0 Å². The van der Waals surface area contributed by atoms with E-state index in [-0.39, 0.29) is 17.0 Å². The molecule has 36 heavy (non-hydrogen) atoms. The summed E-state index contributed by atoms with van der Waals surface area (Å²) in [5, 5.41) is 42.3. The van der Waals surface area contributed by atoms with Crippen molar-refractivity contribution >= 4 is 28.6 Å². The van der Waals surface area contributed by atoms with E-state index in [0.717, 1.165) is 0 Å². The topological polar surface area (TPSA) is 128 Å². The highest BCUT2D eigenvalue weighted by atomic mass is 32.1. The lowest BCUT2D eigenvalue weighted by Gasteiger charge is -2.35. The van der Waals surface area contributed by atoms with Gasteiger partial charge in [-0.15, -0.1) is 0 Å². The summed E-state index contributed by atoms with van der Waals surface area (Å²) in [5.41, 5.74) is 1.36. The molecule has 0 saturated carbocycles. The maximum Gasteiger partial charge on any atom is 0.269 e. The van der Waals surface area contributed by atoms with E-state index < -0.39 is 34.4 Å². The number of hydrogen-bond acceptors (Lipinski definition) is 7. The Kier molecular flexibility index (Phi) is 7.00. The molecule has 7 nitrogen and oxygen atoms in total. The third-order valence-corrected chi connectivity index (χ3v) is 6.77. The number of nitro benzene ring substituents is 1. The number of carbonyl (C=O) groups is 1. The van der Waals surface area contributed by atoms with E-state index in [1.807, 2.05) is 24.3 Å². The largest absolute Gasteiger partial charge is 0.511 e. The van der Waals surface area contributed by atoms with Gasteiger partial charge < -0.3 is 5.11 Å². The van der Waals surface area contributed by atoms with Gasteiger partial charge in [-0.3, -0.25) is 14.9 Å². The van der Waals surface area contributed by atoms with E-state index in [2.05, 4.69) is 0 Å². The fraction of sp³-hybridized carbons (Fsp3) is 0.143. The number of thiocarbonyl (C=S) groups is 1. The number of nitro groups is 1. The van der Waals surface area contributed by atoms with Gasteiger partial charge in [0.15, 0.2) is 5.78 Å². The van der Waals surface area contributed by atoms with Crippen LogP contribution in [0.2, 0.25) is 0 Å². The molecule has 0 amide bonds. The fourth-order valence-electron chi connectivity index (χ4n) is 4.62. The minimum Gasteiger partial charge on any atom is -0.511 e. The number of hydrogen-bond donors (Lipinski definition) is 1. The molecule has 0 bridgehead atoms. The Labute approximate surface area is 212 Å². The molecule has 8 heteroatoms. The van der Waals surface area contributed by atoms with E-state index >= 15 is 0 Å². The number of non-ortho nitro benzene ring substituents is 1. The maximum atomic E-state index is 14.0. The van der Waals surface area contributed by atoms with Crippen molar-refractivity contribution in [2.45, 2.75) is 17.8 Å². The van der Waals surface area contributed by atoms with Crippen LogP contribution in [0.25, 0.3) is 0 Å². The summed E-state index contributed by atoms with van der Waals surface area (Å²) in [6.45, 7) is 0. The number of Topliss-reactive ketones (excluding diaryl/α,β-unsaturated/α-hetero) is 1. The van der Waals surface area contributed by atoms with Crippen LogP contribution in [-0.2, 0) is 4.79 Å². The molecule has 0 aromatic heterocycles. The molecule has 0 fully saturated rings. The van der Waals surface area contributed by atoms with Crippen molar-refractivity contribution < 1.29 is 14.8 Å². The zero-order valence-electron chi connectivity index (χ0n) is 18.8. The first-order chi connectivity index (χ1) is 17.4. The predicted molar refractivity (Wildman–Crippen MR) is 136 cm³/mol. The molecule has 176 valence electrons. The molecular formula is C28H19N3O4S. The van der Waals surface area contributed by atoms with Gasteiger partial charge in [0.1, 0.15) is 11.7 Å². The van der Waals surface area contributed by atoms with E-state index in [1.54, 1.807) is 48.5 Å². The molecule has 3 atom stereocenters. The Morgan fingerprint density at radius 1 is 0.861 bits per heavy atom. The fourth-order valence-corrected chi connectivity index (χ4v) is 5.11. The molecule has 1 aliphatic carbocycles. The van der Waals surface area contributed by atoms with Gasteiger partial charge in [0.2, 0.25) is 0 Å². The van der Waals surface area contributed by atoms with Gasteiger partial charge >= 0.3 is 0 Å². The monoisotopic (exact) mass is 493 g/mol. The van der Waals surface area contributed by atoms with E-state index in [4.69, 9.17) is 12.2 Å². The third kappa shape index (κ3) is 4.38. The van der Waals surface area contributed by atoms with Crippen molar-refractivity contribution in [2.75, 3.05) is 0 Å². The second-order valence-electron chi connectivity index (χ2n) is 8.32. The first-order valence-electron chi connectivity index (χ1n) is 11.0. The summed E-state index contributed by atoms with van der Waals surface area (Å²) < 4.78 is 0. The van der Waals surface area contributed by atoms with E-state index in [1.165, 1.54) is 24.3 Å². The summed E-state index contributed by atoms with van der Waals surface area (Å²) >= 11 is 5.77. The van der Waals surface area contributed by atoms with Crippen molar-refractivity contribution in [3.8, 4) is 12.1 Å². The lowest BCUT2D eigenvalue weighted by molar-refractivity contribution is -0.384. The Hall–Kier alpha value is -4.66. The lowest BCUT2D eigenvalue weighted by Crippen LogP contribution is -2.37. The highest BCUT2D eigenvalue weighted by Gasteiger charge is 2.46. The average Bonchev–Trinajstić information content (AvgIpc) is 2.89. The number of nitrogens with zero attached hydrogens (tertiary/aromatic N) is 3. The number of aliphatic hydroxyl groups excluding tert-OH is 1. The molecule has 1 N–H and O–H groups in total. The molecular weight excluding hydrogens is 474 g/mol. The highest BCUT2D eigenvalue weighted by molar-refractivity contribution is 7.80. The maximum absolute atomic E-state index is 14.0. The van der Waals surface area contributed by atoms with Crippen LogP contribution in [0, 0.1) is 38.7 Å². The average molecular weight is 494 g/mol. The van der Waals surface area contributed by atoms with Crippen molar-refractivity contribution in [1.82, 2.24) is 0 Å². The van der Waals surface area contributed by atoms with Crippen LogP contribution >= 0.6 is 12.2 Å². The van der Waals surface area contributed by atoms with Gasteiger partial charge in [-0.05, 0) is 16.7 Å². The van der Waals surface area contributed by atoms with Crippen LogP contribution < -0.4 is 0 Å². The van der Waals surface area contributed by atoms with Crippen molar-refractivity contribution in [3.05, 3.63) is 123 Å². The van der Waals surface area contributed by atoms with Crippen molar-refractivity contribution in [2.24, 2.45) is 5.92 Å². The lowest BCUT2D eigenvalue weighted by atomic mass is 9.68. The normalized spacial score (nSPS) is 18.4. The number of allylic oxidation sites excluding steroid dienone is 2. The van der Waals surface area contributed by atoms with Crippen LogP contribution in [-0.4, -0.2) is 20.7 Å². The molecule has 4 rings (SSSR count). The molecule has 1 aliphatic rings. The van der Waals surface area contributed by atoms with Gasteiger partial charge in [0.25, 0.3) is 5.69 Å². The summed E-state index contributed by atoms with van der Waals surface area (Å²) in [7, 11) is 0. The van der Waals surface area contributed by atoms with Crippen molar-refractivity contribution in [1.29, 1.82) is 10.5 Å². The third-order valence-electron chi connectivity index (χ3n) is 6.30. The highest BCUT2D eigenvalue weighted by Crippen LogP contribution is 2.46. The number of carbonyl (C=O) groups excluding carboxylic acids is 1. The molecule has 0 spiro atoms. The quantitative estimate of drug-likeness (QED) is 0.266. The van der Waals surface area contributed by atoms with E-state index in [0.29, 0.717) is 21.6 Å². The predicted octanol–water partition coefficient (Wildman–Crippen LogP) is 5.67. The molecule has 3 aromatic rings. The number of aliphatic hydroxyl groups is 1. The standard InChI is InChI=1S/C28H19N3O4S/c29-15-20(16-30)22(19-11-13-21(14-12-19)31(34)35)25-26(32)23(17-7-3-1-4-8-17)28(36)24(27(25)33)18-9-5-2-6-10-18/h1-14,20,22-24,32H/t22-,23+,24+/m0/s1. The number of benzene rings is 3. The van der Waals surface area contributed by atoms with Gasteiger partial charge in [-0.25, -0.2) is 0 Å². The molecule has 3 aromatic carbocycles. The minimum atomic E-state index is -1.34. The van der Waals surface area contributed by atoms with Crippen LogP contribution in [0.3, 0.4) is 0 Å². The Morgan fingerprint density at radius 3 is 1.83 bits per heavy atom. The van der Waals surface area contributed by atoms with Gasteiger partial charge in [-0.2, -0.15) is 10.5 Å². The van der Waals surface area contributed by atoms with Crippen LogP contribution in [0.15, 0.2) is 96.3 Å². The molecule has 0 radical (unpaired) electrons. The second-order valence-corrected chi connectivity index (χ2v) is 8.79. The molecule has 0 aliphatic heterocycles. The number of rotatable bonds is 6. The zero-order chi connectivity index (χ0) is 25.8. The van der Waals surface area contributed by atoms with Crippen LogP contribution in [0.1, 0.15) is 34.4 Å². The zero-order valence-corrected chi connectivity index (χ0v) is 19.6. The second kappa shape index (κ2) is 10.3. The molecule has 0 unspecified atom stereocenters. The molecule has 0 saturated heterocycles. The van der Waals surface area contributed by atoms with Crippen LogP contribution in [0.4, 0.5) is 5.69 Å². The first kappa shape index (κ1) is 24.5. The minimum absolute atomic E-state index is 0.0896. The van der Waals surface area contributed by atoms with Crippen molar-refractivity contribution in [3.63, 3.8) is 0 Å². The van der Waals surface area contributed by atoms with Gasteiger partial charge in [0, 0.05) is 28.5 Å². The summed E-state index contributed by atoms with van der Waals surface area (Å²) in [4.78, 5) is 24.9. The SMILES string of the molecule is N#CC(C#N)[C@@H](C1=C(O)[C@@H](c2ccccc2)C(=S)[C@H](c2ccccc2)C1=O)c1ccc([N+](=O)[O-])cc1.